The van der Waals surface area contributed by atoms with Crippen LogP contribution in [0, 0.1) is 0 Å². The molecule has 2 aliphatic heterocycles. The third-order valence-corrected chi connectivity index (χ3v) is 6.45. The molecule has 27 heavy (non-hydrogen) atoms. The summed E-state index contributed by atoms with van der Waals surface area (Å²) < 4.78 is -0.331. The standard InChI is InChI=1S/C16H19N7O3S/c1-16(2)11(12-19-21-22-20-12)23-14(26)10(15(23)27-16)18-13(25)9(17)7-3-5-8(24)6-4-7/h3-6,9-11,15,24H,17H2,1-2H3,(H,18,25)(H,19,20,21,22)/t9-,10-,11+,15-/m1/s1. The van der Waals surface area contributed by atoms with E-state index in [0.717, 1.165) is 0 Å². The van der Waals surface area contributed by atoms with Crippen molar-refractivity contribution in [3.8, 4) is 5.75 Å². The molecule has 0 unspecified atom stereocenters. The molecule has 0 spiro atoms. The summed E-state index contributed by atoms with van der Waals surface area (Å²) in [6.45, 7) is 4.01. The van der Waals surface area contributed by atoms with Crippen LogP contribution in [0.3, 0.4) is 0 Å². The lowest BCUT2D eigenvalue weighted by atomic mass is 9.95. The third kappa shape index (κ3) is 2.82. The van der Waals surface area contributed by atoms with Crippen LogP contribution in [0.2, 0.25) is 0 Å². The van der Waals surface area contributed by atoms with Gasteiger partial charge in [0.1, 0.15) is 29.2 Å². The Morgan fingerprint density at radius 3 is 2.74 bits per heavy atom. The molecule has 0 saturated carbocycles. The van der Waals surface area contributed by atoms with Crippen LogP contribution in [0.15, 0.2) is 24.3 Å². The van der Waals surface area contributed by atoms with Crippen molar-refractivity contribution < 1.29 is 14.7 Å². The maximum atomic E-state index is 12.7. The number of aromatic hydroxyl groups is 1. The quantitative estimate of drug-likeness (QED) is 0.526. The lowest BCUT2D eigenvalue weighted by Gasteiger charge is -2.44. The van der Waals surface area contributed by atoms with E-state index < -0.39 is 18.0 Å². The van der Waals surface area contributed by atoms with Crippen LogP contribution in [0.4, 0.5) is 0 Å². The minimum absolute atomic E-state index is 0.0910. The fourth-order valence-electron chi connectivity index (χ4n) is 3.53. The number of H-pyrrole nitrogens is 1. The molecule has 0 bridgehead atoms. The van der Waals surface area contributed by atoms with E-state index in [2.05, 4.69) is 25.9 Å². The predicted octanol–water partition coefficient (Wildman–Crippen LogP) is -0.175. The Balaban J connectivity index is 1.48. The number of nitrogens with zero attached hydrogens (tertiary/aromatic N) is 4. The van der Waals surface area contributed by atoms with E-state index in [1.54, 1.807) is 28.8 Å². The minimum Gasteiger partial charge on any atom is -0.508 e. The smallest absolute Gasteiger partial charge is 0.249 e. The van der Waals surface area contributed by atoms with Crippen LogP contribution in [-0.2, 0) is 9.59 Å². The highest BCUT2D eigenvalue weighted by atomic mass is 32.2. The minimum atomic E-state index is -0.931. The molecular weight excluding hydrogens is 370 g/mol. The number of carbonyl (C=O) groups excluding carboxylic acids is 2. The van der Waals surface area contributed by atoms with Crippen LogP contribution < -0.4 is 11.1 Å². The van der Waals surface area contributed by atoms with Crippen molar-refractivity contribution in [3.63, 3.8) is 0 Å². The van der Waals surface area contributed by atoms with Crippen LogP contribution >= 0.6 is 11.8 Å². The lowest BCUT2D eigenvalue weighted by molar-refractivity contribution is -0.152. The molecule has 0 radical (unpaired) electrons. The van der Waals surface area contributed by atoms with Crippen molar-refractivity contribution in [3.05, 3.63) is 35.7 Å². The Kier molecular flexibility index (Phi) is 4.07. The predicted molar refractivity (Wildman–Crippen MR) is 96.2 cm³/mol. The van der Waals surface area contributed by atoms with Gasteiger partial charge < -0.3 is 21.1 Å². The van der Waals surface area contributed by atoms with E-state index in [4.69, 9.17) is 5.73 Å². The van der Waals surface area contributed by atoms with Gasteiger partial charge in [0.15, 0.2) is 5.82 Å². The van der Waals surface area contributed by atoms with Crippen molar-refractivity contribution >= 4 is 23.6 Å². The molecule has 4 rings (SSSR count). The van der Waals surface area contributed by atoms with E-state index in [0.29, 0.717) is 11.4 Å². The number of phenolic OH excluding ortho intramolecular Hbond substituents is 1. The Morgan fingerprint density at radius 1 is 1.41 bits per heavy atom. The van der Waals surface area contributed by atoms with Crippen molar-refractivity contribution in [1.29, 1.82) is 0 Å². The molecule has 2 aliphatic rings. The van der Waals surface area contributed by atoms with Crippen molar-refractivity contribution in [2.24, 2.45) is 5.73 Å². The number of phenols is 1. The zero-order valence-corrected chi connectivity index (χ0v) is 15.5. The number of amides is 2. The van der Waals surface area contributed by atoms with Crippen molar-refractivity contribution in [2.45, 2.75) is 42.1 Å². The molecule has 4 atom stereocenters. The molecule has 10 nitrogen and oxygen atoms in total. The van der Waals surface area contributed by atoms with Gasteiger partial charge in [-0.25, -0.2) is 0 Å². The van der Waals surface area contributed by atoms with Crippen LogP contribution in [0.25, 0.3) is 0 Å². The SMILES string of the molecule is CC1(C)S[C@@H]2[C@H](NC(=O)[C@H](N)c3ccc(O)cc3)C(=O)N2[C@H]1c1nn[nH]n1. The Labute approximate surface area is 158 Å². The summed E-state index contributed by atoms with van der Waals surface area (Å²) in [5, 5.41) is 25.9. The summed E-state index contributed by atoms with van der Waals surface area (Å²) in [6.07, 6.45) is 0. The first-order valence-electron chi connectivity index (χ1n) is 8.38. The molecular formula is C16H19N7O3S. The zero-order valence-electron chi connectivity index (χ0n) is 14.7. The fraction of sp³-hybridized carbons (Fsp3) is 0.438. The first kappa shape index (κ1) is 17.7. The van der Waals surface area contributed by atoms with Gasteiger partial charge in [0, 0.05) is 4.75 Å². The molecule has 3 heterocycles. The lowest BCUT2D eigenvalue weighted by Crippen LogP contribution is -2.68. The summed E-state index contributed by atoms with van der Waals surface area (Å²) in [7, 11) is 0. The van der Waals surface area contributed by atoms with Crippen LogP contribution in [-0.4, -0.2) is 58.6 Å². The van der Waals surface area contributed by atoms with Gasteiger partial charge in [0.05, 0.1) is 0 Å². The van der Waals surface area contributed by atoms with Gasteiger partial charge in [-0.1, -0.05) is 17.3 Å². The first-order chi connectivity index (χ1) is 12.8. The number of nitrogens with two attached hydrogens (primary N) is 1. The van der Waals surface area contributed by atoms with Gasteiger partial charge in [0.2, 0.25) is 11.8 Å². The van der Waals surface area contributed by atoms with Crippen LogP contribution in [0.1, 0.15) is 37.3 Å². The number of nitrogens with one attached hydrogen (secondary N) is 2. The number of fused-ring (bicyclic) bond motifs is 1. The molecule has 0 aliphatic carbocycles. The molecule has 5 N–H and O–H groups in total. The second-order valence-electron chi connectivity index (χ2n) is 7.09. The largest absolute Gasteiger partial charge is 0.508 e. The Morgan fingerprint density at radius 2 is 2.11 bits per heavy atom. The number of hydrogen-bond donors (Lipinski definition) is 4. The van der Waals surface area contributed by atoms with Crippen LogP contribution in [0.5, 0.6) is 5.75 Å². The monoisotopic (exact) mass is 389 g/mol. The maximum absolute atomic E-state index is 12.7. The summed E-state index contributed by atoms with van der Waals surface area (Å²) in [5.74, 6) is -0.0959. The van der Waals surface area contributed by atoms with E-state index in [1.807, 2.05) is 13.8 Å². The molecule has 1 aromatic carbocycles. The highest BCUT2D eigenvalue weighted by Gasteiger charge is 2.63. The van der Waals surface area contributed by atoms with E-state index >= 15 is 0 Å². The second kappa shape index (κ2) is 6.20. The summed E-state index contributed by atoms with van der Waals surface area (Å²) in [4.78, 5) is 26.9. The molecule has 2 amide bonds. The molecule has 2 saturated heterocycles. The average molecular weight is 389 g/mol. The van der Waals surface area contributed by atoms with E-state index in [-0.39, 0.29) is 27.8 Å². The van der Waals surface area contributed by atoms with E-state index in [9.17, 15) is 14.7 Å². The number of hydrogen-bond acceptors (Lipinski definition) is 8. The van der Waals surface area contributed by atoms with E-state index in [1.165, 1.54) is 12.1 Å². The summed E-state index contributed by atoms with van der Waals surface area (Å²) >= 11 is 1.58. The Bertz CT molecular complexity index is 871. The van der Waals surface area contributed by atoms with Gasteiger partial charge >= 0.3 is 0 Å². The zero-order chi connectivity index (χ0) is 19.3. The normalized spacial score (nSPS) is 27.0. The topological polar surface area (TPSA) is 150 Å². The fourth-order valence-corrected chi connectivity index (χ4v) is 5.16. The number of aromatic amines is 1. The third-order valence-electron chi connectivity index (χ3n) is 4.88. The molecule has 2 fully saturated rings. The number of rotatable bonds is 4. The second-order valence-corrected chi connectivity index (χ2v) is 8.86. The average Bonchev–Trinajstić information content (AvgIpc) is 3.23. The van der Waals surface area contributed by atoms with Gasteiger partial charge in [0.25, 0.3) is 0 Å². The summed E-state index contributed by atoms with van der Waals surface area (Å²) in [6, 6.07) is 4.18. The Hall–Kier alpha value is -2.66. The number of tetrazole rings is 1. The number of aromatic nitrogens is 4. The highest BCUT2D eigenvalue weighted by Crippen LogP contribution is 2.56. The number of carbonyl (C=O) groups is 2. The van der Waals surface area contributed by atoms with Gasteiger partial charge in [-0.3, -0.25) is 9.59 Å². The maximum Gasteiger partial charge on any atom is 0.249 e. The molecule has 142 valence electrons. The van der Waals surface area contributed by atoms with Crippen molar-refractivity contribution in [1.82, 2.24) is 30.8 Å². The van der Waals surface area contributed by atoms with Gasteiger partial charge in [-0.2, -0.15) is 5.21 Å². The number of β-lactam (4-membered cyclic amide) rings is 1. The van der Waals surface area contributed by atoms with Crippen molar-refractivity contribution in [2.75, 3.05) is 0 Å². The first-order valence-corrected chi connectivity index (χ1v) is 9.26. The summed E-state index contributed by atoms with van der Waals surface area (Å²) in [5.41, 5.74) is 6.55. The highest BCUT2D eigenvalue weighted by molar-refractivity contribution is 8.01. The number of thioether (sulfide) groups is 1. The van der Waals surface area contributed by atoms with Gasteiger partial charge in [-0.05, 0) is 31.5 Å². The van der Waals surface area contributed by atoms with Gasteiger partial charge in [-0.15, -0.1) is 22.0 Å². The molecule has 1 aromatic heterocycles. The molecule has 2 aromatic rings. The molecule has 11 heteroatoms. The number of benzene rings is 1.